The second-order valence-corrected chi connectivity index (χ2v) is 3.75. The van der Waals surface area contributed by atoms with Crippen LogP contribution in [0.1, 0.15) is 11.1 Å². The first kappa shape index (κ1) is 11.3. The molecule has 2 N–H and O–H groups in total. The van der Waals surface area contributed by atoms with E-state index in [-0.39, 0.29) is 5.56 Å². The standard InChI is InChI=1S/C8H10BF3NS/c1-5-6(4-9(10,11)12)2-7(14)3-8(5)13/h2-3,14H,4,13H2,1H3/q-1. The summed E-state index contributed by atoms with van der Waals surface area (Å²) < 4.78 is 36.5. The summed E-state index contributed by atoms with van der Waals surface area (Å²) in [4.78, 5) is 0.461. The van der Waals surface area contributed by atoms with Crippen LogP contribution in [0, 0.1) is 6.92 Å². The summed E-state index contributed by atoms with van der Waals surface area (Å²) in [5.41, 5.74) is 6.58. The Bertz CT molecular complexity index is 351. The number of thiol groups is 1. The van der Waals surface area contributed by atoms with Gasteiger partial charge in [0.05, 0.1) is 0 Å². The number of hydrogen-bond donors (Lipinski definition) is 2. The maximum atomic E-state index is 12.2. The lowest BCUT2D eigenvalue weighted by Gasteiger charge is -2.17. The van der Waals surface area contributed by atoms with Gasteiger partial charge in [0.25, 0.3) is 0 Å². The van der Waals surface area contributed by atoms with Gasteiger partial charge in [-0.3, -0.25) is 0 Å². The van der Waals surface area contributed by atoms with Crippen LogP contribution in [-0.2, 0) is 6.32 Å². The molecule has 0 unspecified atom stereocenters. The first-order chi connectivity index (χ1) is 6.29. The van der Waals surface area contributed by atoms with E-state index in [2.05, 4.69) is 12.6 Å². The van der Waals surface area contributed by atoms with Gasteiger partial charge in [-0.25, -0.2) is 0 Å². The van der Waals surface area contributed by atoms with E-state index in [1.54, 1.807) is 13.0 Å². The Hall–Kier alpha value is -0.775. The zero-order valence-electron chi connectivity index (χ0n) is 7.60. The smallest absolute Gasteiger partial charge is 0.449 e. The summed E-state index contributed by atoms with van der Waals surface area (Å²) in [7, 11) is 0. The Morgan fingerprint density at radius 3 is 2.43 bits per heavy atom. The molecule has 1 rings (SSSR count). The largest absolute Gasteiger partial charge is 0.482 e. The van der Waals surface area contributed by atoms with Gasteiger partial charge in [0.2, 0.25) is 0 Å². The van der Waals surface area contributed by atoms with Gasteiger partial charge in [0.1, 0.15) is 0 Å². The third kappa shape index (κ3) is 2.87. The summed E-state index contributed by atoms with van der Waals surface area (Å²) in [6, 6.07) is 2.95. The molecule has 0 radical (unpaired) electrons. The first-order valence-corrected chi connectivity index (χ1v) is 4.53. The average Bonchev–Trinajstić information content (AvgIpc) is 1.96. The summed E-state index contributed by atoms with van der Waals surface area (Å²) >= 11 is 3.98. The zero-order chi connectivity index (χ0) is 10.9. The van der Waals surface area contributed by atoms with Gasteiger partial charge in [-0.2, -0.15) is 0 Å². The molecule has 1 aromatic rings. The molecule has 0 aromatic heterocycles. The van der Waals surface area contributed by atoms with Crippen molar-refractivity contribution < 1.29 is 12.9 Å². The molecule has 0 saturated carbocycles. The predicted molar refractivity (Wildman–Crippen MR) is 55.6 cm³/mol. The van der Waals surface area contributed by atoms with E-state index < -0.39 is 13.3 Å². The van der Waals surface area contributed by atoms with E-state index in [4.69, 9.17) is 5.73 Å². The second-order valence-electron chi connectivity index (χ2n) is 3.23. The summed E-state index contributed by atoms with van der Waals surface area (Å²) in [6.45, 7) is -3.24. The van der Waals surface area contributed by atoms with Crippen molar-refractivity contribution in [3.63, 3.8) is 0 Å². The van der Waals surface area contributed by atoms with Gasteiger partial charge in [-0.15, -0.1) is 12.6 Å². The lowest BCUT2D eigenvalue weighted by molar-refractivity contribution is 0.468. The summed E-state index contributed by atoms with van der Waals surface area (Å²) in [5.74, 6) is 0. The van der Waals surface area contributed by atoms with Crippen molar-refractivity contribution in [2.45, 2.75) is 18.1 Å². The van der Waals surface area contributed by atoms with E-state index in [9.17, 15) is 12.9 Å². The molecule has 0 aliphatic carbocycles. The van der Waals surface area contributed by atoms with Crippen LogP contribution >= 0.6 is 12.6 Å². The molecule has 14 heavy (non-hydrogen) atoms. The molecular weight excluding hydrogens is 210 g/mol. The molecule has 0 saturated heterocycles. The maximum Gasteiger partial charge on any atom is 0.482 e. The molecule has 0 atom stereocenters. The van der Waals surface area contributed by atoms with Gasteiger partial charge >= 0.3 is 6.98 Å². The molecule has 0 aliphatic rings. The molecule has 0 bridgehead atoms. The van der Waals surface area contributed by atoms with Crippen LogP contribution in [0.3, 0.4) is 0 Å². The fourth-order valence-electron chi connectivity index (χ4n) is 1.24. The van der Waals surface area contributed by atoms with Crippen LogP contribution < -0.4 is 5.73 Å². The van der Waals surface area contributed by atoms with Crippen LogP contribution in [0.4, 0.5) is 18.6 Å². The van der Waals surface area contributed by atoms with Crippen molar-refractivity contribution in [1.82, 2.24) is 0 Å². The van der Waals surface area contributed by atoms with Crippen molar-refractivity contribution in [3.8, 4) is 0 Å². The number of hydrogen-bond acceptors (Lipinski definition) is 2. The number of rotatable bonds is 2. The SMILES string of the molecule is Cc1c(N)cc(S)cc1C[B-](F)(F)F. The highest BCUT2D eigenvalue weighted by Crippen LogP contribution is 2.25. The van der Waals surface area contributed by atoms with Crippen molar-refractivity contribution in [3.05, 3.63) is 23.3 Å². The Labute approximate surface area is 86.0 Å². The summed E-state index contributed by atoms with van der Waals surface area (Å²) in [5, 5.41) is 0. The Morgan fingerprint density at radius 2 is 1.93 bits per heavy atom. The molecule has 1 nitrogen and oxygen atoms in total. The molecule has 0 fully saturated rings. The van der Waals surface area contributed by atoms with Crippen molar-refractivity contribution in [1.29, 1.82) is 0 Å². The quantitative estimate of drug-likeness (QED) is 0.447. The molecule has 1 aromatic carbocycles. The van der Waals surface area contributed by atoms with E-state index in [1.807, 2.05) is 0 Å². The van der Waals surface area contributed by atoms with Crippen LogP contribution in [0.15, 0.2) is 17.0 Å². The second kappa shape index (κ2) is 3.77. The zero-order valence-corrected chi connectivity index (χ0v) is 8.49. The van der Waals surface area contributed by atoms with Crippen LogP contribution in [0.2, 0.25) is 0 Å². The lowest BCUT2D eigenvalue weighted by atomic mass is 9.80. The monoisotopic (exact) mass is 220 g/mol. The Morgan fingerprint density at radius 1 is 1.36 bits per heavy atom. The van der Waals surface area contributed by atoms with Gasteiger partial charge in [0.15, 0.2) is 0 Å². The maximum absolute atomic E-state index is 12.2. The van der Waals surface area contributed by atoms with Crippen molar-refractivity contribution in [2.24, 2.45) is 0 Å². The highest BCUT2D eigenvalue weighted by Gasteiger charge is 2.24. The number of nitrogens with two attached hydrogens (primary N) is 1. The highest BCUT2D eigenvalue weighted by molar-refractivity contribution is 7.80. The van der Waals surface area contributed by atoms with E-state index in [0.29, 0.717) is 16.1 Å². The third-order valence-corrected chi connectivity index (χ3v) is 2.25. The number of nitrogen functional groups attached to an aromatic ring is 1. The van der Waals surface area contributed by atoms with Crippen LogP contribution in [0.5, 0.6) is 0 Å². The molecular formula is C8H10BF3NS-. The van der Waals surface area contributed by atoms with Crippen LogP contribution in [-0.4, -0.2) is 6.98 Å². The van der Waals surface area contributed by atoms with Gasteiger partial charge in [-0.1, -0.05) is 11.9 Å². The van der Waals surface area contributed by atoms with Gasteiger partial charge in [0, 0.05) is 10.6 Å². The fraction of sp³-hybridized carbons (Fsp3) is 0.250. The highest BCUT2D eigenvalue weighted by atomic mass is 32.1. The minimum absolute atomic E-state index is 0.211. The molecule has 0 aliphatic heterocycles. The molecule has 78 valence electrons. The third-order valence-electron chi connectivity index (χ3n) is 1.99. The lowest BCUT2D eigenvalue weighted by Crippen LogP contribution is -2.20. The fourth-order valence-corrected chi connectivity index (χ4v) is 1.54. The van der Waals surface area contributed by atoms with E-state index >= 15 is 0 Å². The number of anilines is 1. The average molecular weight is 220 g/mol. The van der Waals surface area contributed by atoms with E-state index in [0.717, 1.165) is 0 Å². The molecule has 6 heteroatoms. The summed E-state index contributed by atoms with van der Waals surface area (Å²) in [6.07, 6.45) is -0.898. The Kier molecular flexibility index (Phi) is 3.04. The van der Waals surface area contributed by atoms with Gasteiger partial charge in [-0.05, 0) is 24.6 Å². The van der Waals surface area contributed by atoms with Crippen LogP contribution in [0.25, 0.3) is 0 Å². The predicted octanol–water partition coefficient (Wildman–Crippen LogP) is 2.80. The first-order valence-electron chi connectivity index (χ1n) is 4.08. The minimum Gasteiger partial charge on any atom is -0.449 e. The van der Waals surface area contributed by atoms with Crippen molar-refractivity contribution in [2.75, 3.05) is 5.73 Å². The molecule has 0 spiro atoms. The van der Waals surface area contributed by atoms with Gasteiger partial charge < -0.3 is 18.7 Å². The van der Waals surface area contributed by atoms with Crippen molar-refractivity contribution >= 4 is 25.3 Å². The van der Waals surface area contributed by atoms with E-state index in [1.165, 1.54) is 6.07 Å². The molecule has 0 amide bonds. The normalized spacial score (nSPS) is 11.8. The number of benzene rings is 1. The topological polar surface area (TPSA) is 26.0 Å². The number of halogens is 3. The minimum atomic E-state index is -4.82. The Balaban J connectivity index is 3.09. The molecule has 0 heterocycles.